The van der Waals surface area contributed by atoms with Crippen LogP contribution in [-0.2, 0) is 0 Å². The molecule has 0 bridgehead atoms. The number of thioether (sulfide) groups is 1. The highest BCUT2D eigenvalue weighted by atomic mass is 32.2. The molecule has 4 nitrogen and oxygen atoms in total. The summed E-state index contributed by atoms with van der Waals surface area (Å²) >= 11 is 1.69. The Morgan fingerprint density at radius 2 is 2.00 bits per heavy atom. The second-order valence-electron chi connectivity index (χ2n) is 4.44. The molecule has 2 aromatic rings. The molecule has 1 N–H and O–H groups in total. The number of nitrogens with zero attached hydrogens (tertiary/aromatic N) is 2. The van der Waals surface area contributed by atoms with E-state index in [2.05, 4.69) is 10.1 Å². The van der Waals surface area contributed by atoms with Crippen molar-refractivity contribution in [1.82, 2.24) is 10.1 Å². The van der Waals surface area contributed by atoms with Crippen molar-refractivity contribution >= 4 is 11.8 Å². The molecule has 2 rings (SSSR count). The molecule has 0 aliphatic heterocycles. The predicted molar refractivity (Wildman–Crippen MR) is 76.2 cm³/mol. The minimum Gasteiger partial charge on any atom is -0.393 e. The smallest absolute Gasteiger partial charge is 0.232 e. The van der Waals surface area contributed by atoms with E-state index < -0.39 is 6.10 Å². The third-order valence-electron chi connectivity index (χ3n) is 3.13. The van der Waals surface area contributed by atoms with E-state index in [-0.39, 0.29) is 5.92 Å². The Morgan fingerprint density at radius 1 is 1.32 bits per heavy atom. The number of hydrogen-bond acceptors (Lipinski definition) is 5. The molecule has 0 saturated heterocycles. The van der Waals surface area contributed by atoms with Gasteiger partial charge in [-0.15, -0.1) is 11.8 Å². The Hall–Kier alpha value is -1.33. The highest BCUT2D eigenvalue weighted by molar-refractivity contribution is 7.98. The molecule has 0 aliphatic carbocycles. The zero-order valence-electron chi connectivity index (χ0n) is 11.3. The maximum atomic E-state index is 9.68. The summed E-state index contributed by atoms with van der Waals surface area (Å²) in [5.74, 6) is 0.968. The minimum absolute atomic E-state index is 0.105. The highest BCUT2D eigenvalue weighted by Crippen LogP contribution is 2.25. The summed E-state index contributed by atoms with van der Waals surface area (Å²) in [4.78, 5) is 5.58. The summed E-state index contributed by atoms with van der Waals surface area (Å²) in [6.07, 6.45) is 2.32. The van der Waals surface area contributed by atoms with Crippen LogP contribution < -0.4 is 0 Å². The number of benzene rings is 1. The number of aromatic nitrogens is 2. The predicted octanol–water partition coefficient (Wildman–Crippen LogP) is 3.33. The van der Waals surface area contributed by atoms with Crippen molar-refractivity contribution in [3.05, 3.63) is 30.2 Å². The van der Waals surface area contributed by atoms with Crippen molar-refractivity contribution < 1.29 is 9.63 Å². The Balaban J connectivity index is 2.24. The average Bonchev–Trinajstić information content (AvgIpc) is 2.89. The fraction of sp³-hybridized carbons (Fsp3) is 0.429. The Kier molecular flexibility index (Phi) is 4.61. The number of aliphatic hydroxyl groups excluding tert-OH is 1. The monoisotopic (exact) mass is 278 g/mol. The van der Waals surface area contributed by atoms with Crippen molar-refractivity contribution in [1.29, 1.82) is 0 Å². The molecule has 0 fully saturated rings. The second kappa shape index (κ2) is 6.21. The fourth-order valence-electron chi connectivity index (χ4n) is 1.97. The van der Waals surface area contributed by atoms with Crippen molar-refractivity contribution in [3.8, 4) is 11.4 Å². The van der Waals surface area contributed by atoms with Gasteiger partial charge in [-0.2, -0.15) is 4.98 Å². The summed E-state index contributed by atoms with van der Waals surface area (Å²) in [5.41, 5.74) is 0.924. The summed E-state index contributed by atoms with van der Waals surface area (Å²) in [6, 6.07) is 8.01. The fourth-order valence-corrected chi connectivity index (χ4v) is 2.37. The number of rotatable bonds is 5. The van der Waals surface area contributed by atoms with Gasteiger partial charge in [0.1, 0.15) is 0 Å². The number of aliphatic hydroxyl groups is 1. The van der Waals surface area contributed by atoms with Crippen molar-refractivity contribution in [2.45, 2.75) is 37.2 Å². The van der Waals surface area contributed by atoms with E-state index in [1.165, 1.54) is 4.90 Å². The third kappa shape index (κ3) is 3.16. The largest absolute Gasteiger partial charge is 0.393 e. The molecule has 1 heterocycles. The van der Waals surface area contributed by atoms with Gasteiger partial charge in [-0.1, -0.05) is 12.1 Å². The summed E-state index contributed by atoms with van der Waals surface area (Å²) < 4.78 is 5.26. The normalized spacial score (nSPS) is 14.3. The Labute approximate surface area is 117 Å². The molecule has 0 radical (unpaired) electrons. The van der Waals surface area contributed by atoms with Crippen LogP contribution in [0.1, 0.15) is 32.1 Å². The highest BCUT2D eigenvalue weighted by Gasteiger charge is 2.22. The van der Waals surface area contributed by atoms with Crippen LogP contribution >= 0.6 is 11.8 Å². The molecule has 2 unspecified atom stereocenters. The van der Waals surface area contributed by atoms with Crippen molar-refractivity contribution in [3.63, 3.8) is 0 Å². The maximum Gasteiger partial charge on any atom is 0.232 e. The lowest BCUT2D eigenvalue weighted by Crippen LogP contribution is -2.13. The number of hydrogen-bond donors (Lipinski definition) is 1. The molecule has 1 aromatic heterocycles. The summed E-state index contributed by atoms with van der Waals surface area (Å²) in [6.45, 7) is 3.74. The quantitative estimate of drug-likeness (QED) is 0.850. The van der Waals surface area contributed by atoms with Crippen LogP contribution in [0.4, 0.5) is 0 Å². The summed E-state index contributed by atoms with van der Waals surface area (Å²) in [7, 11) is 0. The first-order valence-electron chi connectivity index (χ1n) is 6.31. The van der Waals surface area contributed by atoms with Crippen molar-refractivity contribution in [2.75, 3.05) is 6.26 Å². The van der Waals surface area contributed by atoms with Crippen LogP contribution in [0.5, 0.6) is 0 Å². The van der Waals surface area contributed by atoms with Crippen LogP contribution in [0, 0.1) is 0 Å². The van der Waals surface area contributed by atoms with E-state index >= 15 is 0 Å². The van der Waals surface area contributed by atoms with Gasteiger partial charge in [0, 0.05) is 10.5 Å². The first-order chi connectivity index (χ1) is 9.15. The Morgan fingerprint density at radius 3 is 2.53 bits per heavy atom. The minimum atomic E-state index is -0.489. The third-order valence-corrected chi connectivity index (χ3v) is 3.87. The molecule has 19 heavy (non-hydrogen) atoms. The van der Waals surface area contributed by atoms with Gasteiger partial charge in [0.15, 0.2) is 0 Å². The molecule has 2 atom stereocenters. The first-order valence-corrected chi connectivity index (χ1v) is 7.54. The van der Waals surface area contributed by atoms with E-state index in [0.717, 1.165) is 12.0 Å². The van der Waals surface area contributed by atoms with E-state index in [1.54, 1.807) is 18.7 Å². The van der Waals surface area contributed by atoms with Crippen molar-refractivity contribution in [2.24, 2.45) is 0 Å². The topological polar surface area (TPSA) is 59.2 Å². The van der Waals surface area contributed by atoms with Gasteiger partial charge in [0.05, 0.1) is 12.0 Å². The lowest BCUT2D eigenvalue weighted by molar-refractivity contribution is 0.141. The molecular weight excluding hydrogens is 260 g/mol. The SMILES string of the molecule is CCC(c1nc(-c2ccc(SC)cc2)no1)C(C)O. The van der Waals surface area contributed by atoms with Gasteiger partial charge in [-0.25, -0.2) is 0 Å². The van der Waals surface area contributed by atoms with Gasteiger partial charge in [-0.3, -0.25) is 0 Å². The maximum absolute atomic E-state index is 9.68. The lowest BCUT2D eigenvalue weighted by atomic mass is 10.0. The molecule has 5 heteroatoms. The molecule has 0 amide bonds. The molecule has 0 aliphatic rings. The zero-order valence-corrected chi connectivity index (χ0v) is 12.1. The lowest BCUT2D eigenvalue weighted by Gasteiger charge is -2.12. The van der Waals surface area contributed by atoms with E-state index in [9.17, 15) is 5.11 Å². The van der Waals surface area contributed by atoms with Crippen LogP contribution in [0.15, 0.2) is 33.7 Å². The van der Waals surface area contributed by atoms with E-state index in [4.69, 9.17) is 4.52 Å². The van der Waals surface area contributed by atoms with E-state index in [0.29, 0.717) is 11.7 Å². The molecule has 1 aromatic carbocycles. The van der Waals surface area contributed by atoms with Crippen LogP contribution in [0.25, 0.3) is 11.4 Å². The molecule has 102 valence electrons. The van der Waals surface area contributed by atoms with Gasteiger partial charge in [-0.05, 0) is 43.9 Å². The van der Waals surface area contributed by atoms with Crippen LogP contribution in [0.3, 0.4) is 0 Å². The van der Waals surface area contributed by atoms with Gasteiger partial charge in [0.25, 0.3) is 0 Å². The molecular formula is C14H18N2O2S. The molecule has 0 saturated carbocycles. The summed E-state index contributed by atoms with van der Waals surface area (Å²) in [5, 5.41) is 13.7. The average molecular weight is 278 g/mol. The van der Waals surface area contributed by atoms with E-state index in [1.807, 2.05) is 37.4 Å². The van der Waals surface area contributed by atoms with Gasteiger partial charge in [0.2, 0.25) is 11.7 Å². The zero-order chi connectivity index (χ0) is 13.8. The van der Waals surface area contributed by atoms with Crippen LogP contribution in [-0.4, -0.2) is 27.6 Å². The molecule has 0 spiro atoms. The second-order valence-corrected chi connectivity index (χ2v) is 5.32. The first kappa shape index (κ1) is 14.1. The van der Waals surface area contributed by atoms with Crippen LogP contribution in [0.2, 0.25) is 0 Å². The van der Waals surface area contributed by atoms with Gasteiger partial charge < -0.3 is 9.63 Å². The Bertz CT molecular complexity index is 522. The van der Waals surface area contributed by atoms with Gasteiger partial charge >= 0.3 is 0 Å². The standard InChI is InChI=1S/C14H18N2O2S/c1-4-12(9(2)17)14-15-13(16-18-14)10-5-7-11(19-3)8-6-10/h5-9,12,17H,4H2,1-3H3.